The summed E-state index contributed by atoms with van der Waals surface area (Å²) >= 11 is 0. The number of rotatable bonds is 0. The minimum absolute atomic E-state index is 0.118. The maximum Gasteiger partial charge on any atom is 0.0624 e. The topological polar surface area (TPSA) is 40.5 Å². The Bertz CT molecular complexity index is 825. The van der Waals surface area contributed by atoms with Crippen LogP contribution in [-0.4, -0.2) is 22.4 Å². The summed E-state index contributed by atoms with van der Waals surface area (Å²) in [5.74, 6) is 1.60. The minimum atomic E-state index is -0.402. The van der Waals surface area contributed by atoms with Crippen LogP contribution in [0.4, 0.5) is 0 Å². The number of hydrogen-bond acceptors (Lipinski definition) is 2. The Hall–Kier alpha value is -0.340. The number of aliphatic hydroxyl groups excluding tert-OH is 2. The molecule has 0 spiro atoms. The van der Waals surface area contributed by atoms with E-state index in [1.807, 2.05) is 0 Å². The van der Waals surface area contributed by atoms with E-state index in [0.717, 1.165) is 18.8 Å². The van der Waals surface area contributed by atoms with E-state index in [4.69, 9.17) is 0 Å². The van der Waals surface area contributed by atoms with Crippen LogP contribution in [-0.2, 0) is 0 Å². The molecular weight excluding hydrogens is 392 g/mol. The maximum atomic E-state index is 11.5. The molecule has 32 heavy (non-hydrogen) atoms. The fourth-order valence-corrected chi connectivity index (χ4v) is 10.4. The molecular formula is C30H50O2. The van der Waals surface area contributed by atoms with Crippen molar-refractivity contribution in [1.82, 2.24) is 0 Å². The molecule has 0 aliphatic heterocycles. The quantitative estimate of drug-likeness (QED) is 0.391. The summed E-state index contributed by atoms with van der Waals surface area (Å²) in [5.41, 5.74) is 2.94. The maximum absolute atomic E-state index is 11.5. The van der Waals surface area contributed by atoms with Gasteiger partial charge in [-0.1, -0.05) is 67.0 Å². The summed E-state index contributed by atoms with van der Waals surface area (Å²) in [4.78, 5) is 0. The SMILES string of the molecule is CC1(C)CCC2(C)CCC3(C)C(=CCC4C5(C)C(O)CC(O)C(C)(C)C5CCC43C)C2C1. The fraction of sp³-hybridized carbons (Fsp3) is 0.933. The van der Waals surface area contributed by atoms with Crippen LogP contribution in [0.1, 0.15) is 113 Å². The van der Waals surface area contributed by atoms with Gasteiger partial charge in [0.15, 0.2) is 0 Å². The van der Waals surface area contributed by atoms with Gasteiger partial charge in [0.25, 0.3) is 0 Å². The third-order valence-corrected chi connectivity index (χ3v) is 13.2. The summed E-state index contributed by atoms with van der Waals surface area (Å²) in [6.07, 6.45) is 12.7. The first kappa shape index (κ1) is 23.4. The molecule has 2 heteroatoms. The lowest BCUT2D eigenvalue weighted by atomic mass is 9.33. The summed E-state index contributed by atoms with van der Waals surface area (Å²) in [6, 6.07) is 0. The first-order valence-corrected chi connectivity index (χ1v) is 13.7. The van der Waals surface area contributed by atoms with Crippen molar-refractivity contribution in [3.63, 3.8) is 0 Å². The van der Waals surface area contributed by atoms with Crippen molar-refractivity contribution < 1.29 is 10.2 Å². The van der Waals surface area contributed by atoms with E-state index in [1.54, 1.807) is 5.57 Å². The van der Waals surface area contributed by atoms with Crippen LogP contribution in [0.2, 0.25) is 0 Å². The fourth-order valence-electron chi connectivity index (χ4n) is 10.4. The van der Waals surface area contributed by atoms with Crippen LogP contribution in [0.15, 0.2) is 11.6 Å². The number of aliphatic hydroxyl groups is 2. The highest BCUT2D eigenvalue weighted by Gasteiger charge is 2.69. The predicted molar refractivity (Wildman–Crippen MR) is 132 cm³/mol. The van der Waals surface area contributed by atoms with Gasteiger partial charge in [-0.3, -0.25) is 0 Å². The van der Waals surface area contributed by atoms with Gasteiger partial charge in [-0.15, -0.1) is 0 Å². The standard InChI is InChI=1S/C30H50O2/c1-25(2)13-14-27(5)15-16-28(6)19(20(27)18-25)9-10-22-29(28,7)12-11-21-26(3,4)23(31)17-24(32)30(21,22)8/h9,20-24,31-32H,10-18H2,1-8H3. The van der Waals surface area contributed by atoms with Crippen LogP contribution >= 0.6 is 0 Å². The summed E-state index contributed by atoms with van der Waals surface area (Å²) in [6.45, 7) is 19.7. The second kappa shape index (κ2) is 6.66. The molecule has 5 aliphatic carbocycles. The van der Waals surface area contributed by atoms with E-state index < -0.39 is 12.2 Å². The van der Waals surface area contributed by atoms with Crippen molar-refractivity contribution in [2.45, 2.75) is 125 Å². The molecule has 0 aromatic carbocycles. The Morgan fingerprint density at radius 3 is 2.12 bits per heavy atom. The van der Waals surface area contributed by atoms with Crippen molar-refractivity contribution in [3.8, 4) is 0 Å². The lowest BCUT2D eigenvalue weighted by molar-refractivity contribution is -0.243. The van der Waals surface area contributed by atoms with Gasteiger partial charge in [-0.05, 0) is 96.2 Å². The van der Waals surface area contributed by atoms with Gasteiger partial charge >= 0.3 is 0 Å². The van der Waals surface area contributed by atoms with Crippen LogP contribution in [0, 0.1) is 50.2 Å². The molecule has 9 atom stereocenters. The highest BCUT2D eigenvalue weighted by molar-refractivity contribution is 5.33. The highest BCUT2D eigenvalue weighted by Crippen LogP contribution is 2.75. The third-order valence-electron chi connectivity index (χ3n) is 13.2. The molecule has 5 rings (SSSR count). The zero-order valence-corrected chi connectivity index (χ0v) is 22.2. The first-order valence-electron chi connectivity index (χ1n) is 13.7. The molecule has 0 saturated heterocycles. The highest BCUT2D eigenvalue weighted by atomic mass is 16.3. The second-order valence-corrected chi connectivity index (χ2v) is 15.3. The average Bonchev–Trinajstić information content (AvgIpc) is 2.68. The normalized spacial score (nSPS) is 56.2. The van der Waals surface area contributed by atoms with E-state index in [9.17, 15) is 10.2 Å². The molecule has 0 bridgehead atoms. The molecule has 0 radical (unpaired) electrons. The Morgan fingerprint density at radius 1 is 0.781 bits per heavy atom. The first-order chi connectivity index (χ1) is 14.6. The molecule has 5 aliphatic rings. The number of allylic oxidation sites excluding steroid dienone is 2. The largest absolute Gasteiger partial charge is 0.392 e. The molecule has 182 valence electrons. The van der Waals surface area contributed by atoms with Crippen LogP contribution in [0.5, 0.6) is 0 Å². The van der Waals surface area contributed by atoms with E-state index >= 15 is 0 Å². The summed E-state index contributed by atoms with van der Waals surface area (Å²) in [7, 11) is 0. The van der Waals surface area contributed by atoms with Crippen LogP contribution in [0.3, 0.4) is 0 Å². The smallest absolute Gasteiger partial charge is 0.0624 e. The van der Waals surface area contributed by atoms with Crippen molar-refractivity contribution in [1.29, 1.82) is 0 Å². The predicted octanol–water partition coefficient (Wildman–Crippen LogP) is 7.14. The summed E-state index contributed by atoms with van der Waals surface area (Å²) in [5, 5.41) is 22.4. The van der Waals surface area contributed by atoms with Crippen molar-refractivity contribution in [2.24, 2.45) is 50.2 Å². The van der Waals surface area contributed by atoms with Gasteiger partial charge < -0.3 is 10.2 Å². The van der Waals surface area contributed by atoms with E-state index in [2.05, 4.69) is 61.5 Å². The molecule has 0 heterocycles. The van der Waals surface area contributed by atoms with Crippen LogP contribution < -0.4 is 0 Å². The van der Waals surface area contributed by atoms with Crippen molar-refractivity contribution >= 4 is 0 Å². The van der Waals surface area contributed by atoms with Gasteiger partial charge in [0.1, 0.15) is 0 Å². The van der Waals surface area contributed by atoms with E-state index in [0.29, 0.717) is 29.1 Å². The average molecular weight is 443 g/mol. The molecule has 0 aromatic rings. The molecule has 4 saturated carbocycles. The zero-order chi connectivity index (χ0) is 23.5. The lowest BCUT2D eigenvalue weighted by Crippen LogP contribution is -2.68. The number of fused-ring (bicyclic) bond motifs is 7. The summed E-state index contributed by atoms with van der Waals surface area (Å²) < 4.78 is 0. The monoisotopic (exact) mass is 442 g/mol. The zero-order valence-electron chi connectivity index (χ0n) is 22.2. The van der Waals surface area contributed by atoms with Gasteiger partial charge in [0.05, 0.1) is 12.2 Å². The van der Waals surface area contributed by atoms with Gasteiger partial charge in [-0.2, -0.15) is 0 Å². The second-order valence-electron chi connectivity index (χ2n) is 15.3. The van der Waals surface area contributed by atoms with Crippen molar-refractivity contribution in [3.05, 3.63) is 11.6 Å². The third kappa shape index (κ3) is 2.72. The van der Waals surface area contributed by atoms with E-state index in [1.165, 1.54) is 38.5 Å². The van der Waals surface area contributed by atoms with E-state index in [-0.39, 0.29) is 21.7 Å². The molecule has 0 aromatic heterocycles. The number of hydrogen-bond donors (Lipinski definition) is 2. The van der Waals surface area contributed by atoms with Gasteiger partial charge in [0, 0.05) is 11.8 Å². The van der Waals surface area contributed by atoms with Gasteiger partial charge in [-0.25, -0.2) is 0 Å². The molecule has 0 amide bonds. The Balaban J connectivity index is 1.60. The Kier molecular flexibility index (Phi) is 4.87. The molecule has 9 unspecified atom stereocenters. The molecule has 4 fully saturated rings. The van der Waals surface area contributed by atoms with Gasteiger partial charge in [0.2, 0.25) is 0 Å². The van der Waals surface area contributed by atoms with Crippen LogP contribution in [0.25, 0.3) is 0 Å². The Morgan fingerprint density at radius 2 is 1.44 bits per heavy atom. The minimum Gasteiger partial charge on any atom is -0.392 e. The lowest BCUT2D eigenvalue weighted by Gasteiger charge is -2.72. The molecule has 2 nitrogen and oxygen atoms in total. The Labute approximate surface area is 197 Å². The molecule has 2 N–H and O–H groups in total. The van der Waals surface area contributed by atoms with Crippen molar-refractivity contribution in [2.75, 3.05) is 0 Å².